The highest BCUT2D eigenvalue weighted by Gasteiger charge is 2.30. The molecule has 3 aromatic rings. The van der Waals surface area contributed by atoms with Gasteiger partial charge in [0, 0.05) is 28.7 Å². The highest BCUT2D eigenvalue weighted by atomic mass is 35.5. The van der Waals surface area contributed by atoms with Gasteiger partial charge in [0.1, 0.15) is 5.82 Å². The van der Waals surface area contributed by atoms with Crippen LogP contribution in [0.2, 0.25) is 5.02 Å². The Morgan fingerprint density at radius 1 is 1.16 bits per heavy atom. The molecular formula is C26H29ClFN3O. The molecule has 1 aliphatic rings. The fraction of sp³-hybridized carbons (Fsp3) is 0.385. The summed E-state index contributed by atoms with van der Waals surface area (Å²) in [6, 6.07) is 15.2. The normalized spacial score (nSPS) is 18.5. The Bertz CT molecular complexity index is 1100. The van der Waals surface area contributed by atoms with Crippen molar-refractivity contribution in [1.82, 2.24) is 15.1 Å². The number of nitrogens with zero attached hydrogens (tertiary/aromatic N) is 2. The summed E-state index contributed by atoms with van der Waals surface area (Å²) in [5.41, 5.74) is 4.99. The zero-order valence-electron chi connectivity index (χ0n) is 18.6. The van der Waals surface area contributed by atoms with Gasteiger partial charge in [-0.05, 0) is 49.9 Å². The standard InChI is InChI=1S/C26H29ClFN3O/c1-17-23(15-26(32)29-16-20-12-13-21(28)14-24(20)27)18(2)31(30-17)25-11-7-6-10-22(25)19-8-4-3-5-9-19/h3-5,8-9,12-14,22,25H,6-7,10-11,15-16H2,1-2H3,(H,29,32). The van der Waals surface area contributed by atoms with E-state index in [1.54, 1.807) is 6.07 Å². The summed E-state index contributed by atoms with van der Waals surface area (Å²) in [5.74, 6) is -0.0510. The Hall–Kier alpha value is -2.66. The number of amides is 1. The van der Waals surface area contributed by atoms with E-state index in [9.17, 15) is 9.18 Å². The van der Waals surface area contributed by atoms with Crippen LogP contribution in [0.4, 0.5) is 4.39 Å². The molecule has 1 heterocycles. The summed E-state index contributed by atoms with van der Waals surface area (Å²) in [7, 11) is 0. The third kappa shape index (κ3) is 4.88. The van der Waals surface area contributed by atoms with Crippen molar-refractivity contribution in [3.05, 3.63) is 87.4 Å². The van der Waals surface area contributed by atoms with Crippen molar-refractivity contribution in [2.24, 2.45) is 0 Å². The fourth-order valence-electron chi connectivity index (χ4n) is 4.85. The minimum Gasteiger partial charge on any atom is -0.352 e. The zero-order chi connectivity index (χ0) is 22.7. The molecule has 2 atom stereocenters. The second-order valence-corrected chi connectivity index (χ2v) is 9.06. The van der Waals surface area contributed by atoms with Crippen molar-refractivity contribution >= 4 is 17.5 Å². The first-order valence-electron chi connectivity index (χ1n) is 11.2. The summed E-state index contributed by atoms with van der Waals surface area (Å²) in [5, 5.41) is 8.10. The Balaban J connectivity index is 1.49. The number of hydrogen-bond acceptors (Lipinski definition) is 2. The Kier molecular flexibility index (Phi) is 6.95. The van der Waals surface area contributed by atoms with Crippen LogP contribution < -0.4 is 5.32 Å². The number of hydrogen-bond donors (Lipinski definition) is 1. The van der Waals surface area contributed by atoms with Gasteiger partial charge in [-0.2, -0.15) is 5.10 Å². The molecule has 0 aliphatic heterocycles. The number of benzene rings is 2. The van der Waals surface area contributed by atoms with Crippen LogP contribution in [-0.2, 0) is 17.8 Å². The molecule has 32 heavy (non-hydrogen) atoms. The van der Waals surface area contributed by atoms with Gasteiger partial charge in [0.05, 0.1) is 18.2 Å². The minimum atomic E-state index is -0.389. The van der Waals surface area contributed by atoms with Gasteiger partial charge in [0.25, 0.3) is 0 Å². The first-order valence-corrected chi connectivity index (χ1v) is 11.6. The molecular weight excluding hydrogens is 425 g/mol. The third-order valence-electron chi connectivity index (χ3n) is 6.57. The van der Waals surface area contributed by atoms with Crippen molar-refractivity contribution < 1.29 is 9.18 Å². The minimum absolute atomic E-state index is 0.0978. The molecule has 1 aromatic heterocycles. The quantitative estimate of drug-likeness (QED) is 0.493. The lowest BCUT2D eigenvalue weighted by molar-refractivity contribution is -0.120. The average Bonchev–Trinajstić information content (AvgIpc) is 3.07. The molecule has 1 amide bonds. The summed E-state index contributed by atoms with van der Waals surface area (Å²) < 4.78 is 15.4. The van der Waals surface area contributed by atoms with E-state index in [1.807, 2.05) is 6.92 Å². The van der Waals surface area contributed by atoms with Gasteiger partial charge in [-0.3, -0.25) is 9.48 Å². The second kappa shape index (κ2) is 9.86. The fourth-order valence-corrected chi connectivity index (χ4v) is 5.08. The van der Waals surface area contributed by atoms with Crippen molar-refractivity contribution in [1.29, 1.82) is 0 Å². The number of nitrogens with one attached hydrogen (secondary N) is 1. The molecule has 0 radical (unpaired) electrons. The number of rotatable bonds is 6. The molecule has 168 valence electrons. The number of aromatic nitrogens is 2. The Morgan fingerprint density at radius 2 is 1.91 bits per heavy atom. The highest BCUT2D eigenvalue weighted by molar-refractivity contribution is 6.31. The molecule has 1 fully saturated rings. The number of carbonyl (C=O) groups is 1. The lowest BCUT2D eigenvalue weighted by Gasteiger charge is -2.33. The second-order valence-electron chi connectivity index (χ2n) is 8.65. The van der Waals surface area contributed by atoms with Crippen molar-refractivity contribution in [3.63, 3.8) is 0 Å². The number of carbonyl (C=O) groups excluding carboxylic acids is 1. The predicted molar refractivity (Wildman–Crippen MR) is 125 cm³/mol. The largest absolute Gasteiger partial charge is 0.352 e. The maximum atomic E-state index is 13.2. The van der Waals surface area contributed by atoms with Crippen LogP contribution in [0.5, 0.6) is 0 Å². The smallest absolute Gasteiger partial charge is 0.224 e. The van der Waals surface area contributed by atoms with Crippen molar-refractivity contribution in [3.8, 4) is 0 Å². The van der Waals surface area contributed by atoms with Crippen LogP contribution in [0, 0.1) is 19.7 Å². The topological polar surface area (TPSA) is 46.9 Å². The van der Waals surface area contributed by atoms with E-state index < -0.39 is 0 Å². The number of halogens is 2. The van der Waals surface area contributed by atoms with Crippen LogP contribution in [0.15, 0.2) is 48.5 Å². The lowest BCUT2D eigenvalue weighted by Crippen LogP contribution is -2.26. The van der Waals surface area contributed by atoms with Crippen molar-refractivity contribution in [2.75, 3.05) is 0 Å². The van der Waals surface area contributed by atoms with Gasteiger partial charge in [-0.25, -0.2) is 4.39 Å². The molecule has 0 saturated heterocycles. The molecule has 1 aliphatic carbocycles. The van der Waals surface area contributed by atoms with E-state index in [0.717, 1.165) is 29.8 Å². The van der Waals surface area contributed by atoms with Crippen molar-refractivity contribution in [2.45, 2.75) is 64.5 Å². The molecule has 4 rings (SSSR count). The van der Waals surface area contributed by atoms with Gasteiger partial charge >= 0.3 is 0 Å². The molecule has 2 aromatic carbocycles. The Labute approximate surface area is 193 Å². The van der Waals surface area contributed by atoms with E-state index >= 15 is 0 Å². The average molecular weight is 454 g/mol. The van der Waals surface area contributed by atoms with Gasteiger partial charge in [0.15, 0.2) is 0 Å². The van der Waals surface area contributed by atoms with E-state index in [4.69, 9.17) is 16.7 Å². The summed E-state index contributed by atoms with van der Waals surface area (Å²) in [4.78, 5) is 12.7. The monoisotopic (exact) mass is 453 g/mol. The number of aryl methyl sites for hydroxylation is 1. The van der Waals surface area contributed by atoms with E-state index in [-0.39, 0.29) is 24.7 Å². The highest BCUT2D eigenvalue weighted by Crippen LogP contribution is 2.41. The molecule has 0 bridgehead atoms. The van der Waals surface area contributed by atoms with E-state index in [2.05, 4.69) is 47.3 Å². The lowest BCUT2D eigenvalue weighted by atomic mass is 9.80. The van der Waals surface area contributed by atoms with Crippen LogP contribution in [-0.4, -0.2) is 15.7 Å². The van der Waals surface area contributed by atoms with Gasteiger partial charge < -0.3 is 5.32 Å². The van der Waals surface area contributed by atoms with E-state index in [0.29, 0.717) is 22.5 Å². The van der Waals surface area contributed by atoms with Gasteiger partial charge in [0.2, 0.25) is 5.91 Å². The van der Waals surface area contributed by atoms with Crippen LogP contribution in [0.3, 0.4) is 0 Å². The molecule has 2 unspecified atom stereocenters. The zero-order valence-corrected chi connectivity index (χ0v) is 19.3. The summed E-state index contributed by atoms with van der Waals surface area (Å²) >= 11 is 6.07. The Morgan fingerprint density at radius 3 is 2.66 bits per heavy atom. The molecule has 6 heteroatoms. The van der Waals surface area contributed by atoms with Crippen LogP contribution in [0.25, 0.3) is 0 Å². The van der Waals surface area contributed by atoms with Crippen LogP contribution in [0.1, 0.15) is 65.7 Å². The molecule has 1 saturated carbocycles. The summed E-state index contributed by atoms with van der Waals surface area (Å²) in [6.07, 6.45) is 4.94. The van der Waals surface area contributed by atoms with E-state index in [1.165, 1.54) is 30.5 Å². The molecule has 0 spiro atoms. The maximum Gasteiger partial charge on any atom is 0.224 e. The molecule has 1 N–H and O–H groups in total. The first kappa shape index (κ1) is 22.5. The third-order valence-corrected chi connectivity index (χ3v) is 6.93. The van der Waals surface area contributed by atoms with Gasteiger partial charge in [-0.1, -0.05) is 60.8 Å². The molecule has 4 nitrogen and oxygen atoms in total. The maximum absolute atomic E-state index is 13.2. The predicted octanol–water partition coefficient (Wildman–Crippen LogP) is 6.05. The summed E-state index contributed by atoms with van der Waals surface area (Å²) in [6.45, 7) is 4.31. The van der Waals surface area contributed by atoms with Gasteiger partial charge in [-0.15, -0.1) is 0 Å². The van der Waals surface area contributed by atoms with Crippen LogP contribution >= 0.6 is 11.6 Å². The SMILES string of the molecule is Cc1nn(C2CCCCC2c2ccccc2)c(C)c1CC(=O)NCc1ccc(F)cc1Cl. The first-order chi connectivity index (χ1) is 15.4.